The SMILES string of the molecule is Cc1cccc(N2CC(CCl)OCC2C)n1. The molecule has 2 heterocycles. The Bertz CT molecular complexity index is 359. The first kappa shape index (κ1) is 11.7. The van der Waals surface area contributed by atoms with Crippen molar-refractivity contribution in [2.45, 2.75) is 26.0 Å². The Morgan fingerprint density at radius 3 is 3.06 bits per heavy atom. The molecule has 3 nitrogen and oxygen atoms in total. The molecule has 0 aliphatic carbocycles. The molecule has 2 atom stereocenters. The van der Waals surface area contributed by atoms with Crippen LogP contribution in [0.25, 0.3) is 0 Å². The third-order valence-electron chi connectivity index (χ3n) is 2.85. The summed E-state index contributed by atoms with van der Waals surface area (Å²) in [7, 11) is 0. The number of rotatable bonds is 2. The van der Waals surface area contributed by atoms with E-state index in [0.717, 1.165) is 18.1 Å². The van der Waals surface area contributed by atoms with E-state index in [1.165, 1.54) is 0 Å². The van der Waals surface area contributed by atoms with Gasteiger partial charge in [-0.3, -0.25) is 0 Å². The second kappa shape index (κ2) is 5.02. The van der Waals surface area contributed by atoms with Crippen LogP contribution in [0, 0.1) is 6.92 Å². The molecule has 1 aromatic rings. The van der Waals surface area contributed by atoms with Crippen LogP contribution in [-0.4, -0.2) is 36.2 Å². The molecule has 1 saturated heterocycles. The van der Waals surface area contributed by atoms with Gasteiger partial charge in [0.05, 0.1) is 24.6 Å². The summed E-state index contributed by atoms with van der Waals surface area (Å²) in [5.41, 5.74) is 1.04. The Balaban J connectivity index is 2.17. The van der Waals surface area contributed by atoms with Crippen LogP contribution in [0.3, 0.4) is 0 Å². The van der Waals surface area contributed by atoms with Crippen molar-refractivity contribution in [3.05, 3.63) is 23.9 Å². The van der Waals surface area contributed by atoms with Gasteiger partial charge in [-0.1, -0.05) is 6.07 Å². The zero-order valence-electron chi connectivity index (χ0n) is 9.69. The Labute approximate surface area is 101 Å². The molecule has 4 heteroatoms. The number of nitrogens with zero attached hydrogens (tertiary/aromatic N) is 2. The summed E-state index contributed by atoms with van der Waals surface area (Å²) in [6.45, 7) is 5.69. The van der Waals surface area contributed by atoms with Crippen LogP contribution in [0.5, 0.6) is 0 Å². The minimum Gasteiger partial charge on any atom is -0.373 e. The lowest BCUT2D eigenvalue weighted by Crippen LogP contribution is -2.49. The number of morpholine rings is 1. The van der Waals surface area contributed by atoms with Crippen molar-refractivity contribution in [3.63, 3.8) is 0 Å². The minimum absolute atomic E-state index is 0.111. The highest BCUT2D eigenvalue weighted by atomic mass is 35.5. The molecule has 2 unspecified atom stereocenters. The summed E-state index contributed by atoms with van der Waals surface area (Å²) in [6.07, 6.45) is 0.111. The van der Waals surface area contributed by atoms with Crippen molar-refractivity contribution in [2.75, 3.05) is 23.9 Å². The number of pyridine rings is 1. The molecule has 0 bridgehead atoms. The average molecular weight is 241 g/mol. The summed E-state index contributed by atoms with van der Waals surface area (Å²) < 4.78 is 5.62. The maximum Gasteiger partial charge on any atom is 0.129 e. The average Bonchev–Trinajstić information content (AvgIpc) is 2.30. The lowest BCUT2D eigenvalue weighted by atomic mass is 10.2. The van der Waals surface area contributed by atoms with Gasteiger partial charge in [-0.2, -0.15) is 0 Å². The fourth-order valence-electron chi connectivity index (χ4n) is 1.92. The van der Waals surface area contributed by atoms with Gasteiger partial charge in [-0.05, 0) is 26.0 Å². The molecule has 0 radical (unpaired) electrons. The van der Waals surface area contributed by atoms with Crippen LogP contribution < -0.4 is 4.90 Å². The van der Waals surface area contributed by atoms with Gasteiger partial charge in [0, 0.05) is 12.2 Å². The van der Waals surface area contributed by atoms with Crippen molar-refractivity contribution >= 4 is 17.4 Å². The van der Waals surface area contributed by atoms with Crippen molar-refractivity contribution < 1.29 is 4.74 Å². The summed E-state index contributed by atoms with van der Waals surface area (Å²) in [5.74, 6) is 1.56. The molecular weight excluding hydrogens is 224 g/mol. The van der Waals surface area contributed by atoms with Gasteiger partial charge in [0.1, 0.15) is 5.82 Å². The molecular formula is C12H17ClN2O. The van der Waals surface area contributed by atoms with Gasteiger partial charge in [0.25, 0.3) is 0 Å². The molecule has 0 saturated carbocycles. The first-order valence-corrected chi connectivity index (χ1v) is 6.12. The topological polar surface area (TPSA) is 25.4 Å². The molecule has 16 heavy (non-hydrogen) atoms. The molecule has 88 valence electrons. The van der Waals surface area contributed by atoms with E-state index in [1.54, 1.807) is 0 Å². The fraction of sp³-hybridized carbons (Fsp3) is 0.583. The molecule has 2 rings (SSSR count). The Kier molecular flexibility index (Phi) is 3.66. The molecule has 0 amide bonds. The van der Waals surface area contributed by atoms with Gasteiger partial charge in [-0.25, -0.2) is 4.98 Å². The van der Waals surface area contributed by atoms with Crippen LogP contribution >= 0.6 is 11.6 Å². The maximum absolute atomic E-state index is 5.84. The molecule has 1 aliphatic rings. The molecule has 1 fully saturated rings. The van der Waals surface area contributed by atoms with Gasteiger partial charge in [0.15, 0.2) is 0 Å². The zero-order chi connectivity index (χ0) is 11.5. The van der Waals surface area contributed by atoms with Crippen LogP contribution in [-0.2, 0) is 4.74 Å². The molecule has 0 spiro atoms. The summed E-state index contributed by atoms with van der Waals surface area (Å²) >= 11 is 5.84. The summed E-state index contributed by atoms with van der Waals surface area (Å²) in [6, 6.07) is 6.44. The van der Waals surface area contributed by atoms with E-state index < -0.39 is 0 Å². The predicted molar refractivity (Wildman–Crippen MR) is 66.2 cm³/mol. The highest BCUT2D eigenvalue weighted by molar-refractivity contribution is 6.18. The van der Waals surface area contributed by atoms with Crippen LogP contribution in [0.1, 0.15) is 12.6 Å². The number of ether oxygens (including phenoxy) is 1. The number of hydrogen-bond donors (Lipinski definition) is 0. The zero-order valence-corrected chi connectivity index (χ0v) is 10.4. The molecule has 1 aliphatic heterocycles. The van der Waals surface area contributed by atoms with Crippen LogP contribution in [0.15, 0.2) is 18.2 Å². The van der Waals surface area contributed by atoms with Crippen molar-refractivity contribution in [3.8, 4) is 0 Å². The number of aromatic nitrogens is 1. The number of halogens is 1. The predicted octanol–water partition coefficient (Wildman–Crippen LogP) is 2.22. The number of anilines is 1. The second-order valence-corrected chi connectivity index (χ2v) is 4.56. The third kappa shape index (κ3) is 2.47. The molecule has 1 aromatic heterocycles. The Morgan fingerprint density at radius 1 is 1.56 bits per heavy atom. The molecule has 0 N–H and O–H groups in total. The first-order chi connectivity index (χ1) is 7.70. The fourth-order valence-corrected chi connectivity index (χ4v) is 2.11. The molecule has 0 aromatic carbocycles. The number of alkyl halides is 1. The summed E-state index contributed by atoms with van der Waals surface area (Å²) in [4.78, 5) is 6.81. The quantitative estimate of drug-likeness (QED) is 0.742. The monoisotopic (exact) mass is 240 g/mol. The number of hydrogen-bond acceptors (Lipinski definition) is 3. The normalized spacial score (nSPS) is 25.8. The van der Waals surface area contributed by atoms with E-state index in [2.05, 4.69) is 16.8 Å². The second-order valence-electron chi connectivity index (χ2n) is 4.25. The smallest absolute Gasteiger partial charge is 0.129 e. The van der Waals surface area contributed by atoms with E-state index in [0.29, 0.717) is 18.5 Å². The van der Waals surface area contributed by atoms with E-state index in [-0.39, 0.29) is 6.10 Å². The van der Waals surface area contributed by atoms with Gasteiger partial charge in [-0.15, -0.1) is 11.6 Å². The standard InChI is InChI=1S/C12H17ClN2O/c1-9-4-3-5-12(14-9)15-7-11(6-13)16-8-10(15)2/h3-5,10-11H,6-8H2,1-2H3. The highest BCUT2D eigenvalue weighted by Gasteiger charge is 2.26. The van der Waals surface area contributed by atoms with Crippen LogP contribution in [0.4, 0.5) is 5.82 Å². The van der Waals surface area contributed by atoms with Crippen molar-refractivity contribution in [1.82, 2.24) is 4.98 Å². The van der Waals surface area contributed by atoms with Crippen LogP contribution in [0.2, 0.25) is 0 Å². The highest BCUT2D eigenvalue weighted by Crippen LogP contribution is 2.20. The Hall–Kier alpha value is -0.800. The van der Waals surface area contributed by atoms with E-state index >= 15 is 0 Å². The maximum atomic E-state index is 5.84. The minimum atomic E-state index is 0.111. The van der Waals surface area contributed by atoms with E-state index in [9.17, 15) is 0 Å². The Morgan fingerprint density at radius 2 is 2.38 bits per heavy atom. The van der Waals surface area contributed by atoms with Gasteiger partial charge in [0.2, 0.25) is 0 Å². The van der Waals surface area contributed by atoms with E-state index in [1.807, 2.05) is 25.1 Å². The number of aryl methyl sites for hydroxylation is 1. The third-order valence-corrected chi connectivity index (χ3v) is 3.19. The van der Waals surface area contributed by atoms with Crippen molar-refractivity contribution in [2.24, 2.45) is 0 Å². The lowest BCUT2D eigenvalue weighted by Gasteiger charge is -2.38. The van der Waals surface area contributed by atoms with E-state index in [4.69, 9.17) is 16.3 Å². The largest absolute Gasteiger partial charge is 0.373 e. The summed E-state index contributed by atoms with van der Waals surface area (Å²) in [5, 5.41) is 0. The lowest BCUT2D eigenvalue weighted by molar-refractivity contribution is 0.0361. The van der Waals surface area contributed by atoms with Crippen molar-refractivity contribution in [1.29, 1.82) is 0 Å². The van der Waals surface area contributed by atoms with Gasteiger partial charge >= 0.3 is 0 Å². The first-order valence-electron chi connectivity index (χ1n) is 5.58. The van der Waals surface area contributed by atoms with Gasteiger partial charge < -0.3 is 9.64 Å².